The van der Waals surface area contributed by atoms with Gasteiger partial charge in [0.25, 0.3) is 10.0 Å². The number of hydrogen-bond donors (Lipinski definition) is 1. The van der Waals surface area contributed by atoms with Crippen LogP contribution in [0.1, 0.15) is 26.0 Å². The van der Waals surface area contributed by atoms with Crippen molar-refractivity contribution in [1.29, 1.82) is 0 Å². The number of H-pyrrole nitrogens is 1. The van der Waals surface area contributed by atoms with Crippen molar-refractivity contribution in [2.75, 3.05) is 13.6 Å². The Kier molecular flexibility index (Phi) is 4.51. The molecular formula is C10H18N2O3S2. The largest absolute Gasteiger partial charge is 0.315 e. The lowest BCUT2D eigenvalue weighted by atomic mass is 10.1. The van der Waals surface area contributed by atoms with Gasteiger partial charge < -0.3 is 4.98 Å². The summed E-state index contributed by atoms with van der Waals surface area (Å²) in [6.45, 7) is 6.08. The van der Waals surface area contributed by atoms with Gasteiger partial charge in [-0.05, 0) is 12.8 Å². The van der Waals surface area contributed by atoms with Gasteiger partial charge in [0.2, 0.25) is 0 Å². The predicted octanol–water partition coefficient (Wildman–Crippen LogP) is 1.41. The highest BCUT2D eigenvalue weighted by Gasteiger charge is 2.26. The Balaban J connectivity index is 3.03. The van der Waals surface area contributed by atoms with Gasteiger partial charge >= 0.3 is 4.87 Å². The summed E-state index contributed by atoms with van der Waals surface area (Å²) >= 11 is 0.744. The van der Waals surface area contributed by atoms with Crippen LogP contribution in [0.4, 0.5) is 0 Å². The van der Waals surface area contributed by atoms with Crippen molar-refractivity contribution in [3.8, 4) is 0 Å². The summed E-state index contributed by atoms with van der Waals surface area (Å²) in [5.41, 5.74) is 0.413. The first-order valence-corrected chi connectivity index (χ1v) is 7.70. The molecule has 0 aromatic carbocycles. The molecule has 1 N–H and O–H groups in total. The monoisotopic (exact) mass is 278 g/mol. The molecule has 1 aromatic heterocycles. The summed E-state index contributed by atoms with van der Waals surface area (Å²) in [4.78, 5) is 13.3. The van der Waals surface area contributed by atoms with Crippen LogP contribution in [0.15, 0.2) is 9.00 Å². The molecule has 0 aliphatic rings. The quantitative estimate of drug-likeness (QED) is 0.885. The Labute approximate surface area is 106 Å². The molecule has 0 saturated carbocycles. The third-order valence-electron chi connectivity index (χ3n) is 2.69. The lowest BCUT2D eigenvalue weighted by molar-refractivity contribution is 0.394. The van der Waals surface area contributed by atoms with E-state index < -0.39 is 10.0 Å². The van der Waals surface area contributed by atoms with Gasteiger partial charge in [0.15, 0.2) is 4.21 Å². The van der Waals surface area contributed by atoms with Crippen LogP contribution in [-0.4, -0.2) is 31.3 Å². The maximum Gasteiger partial charge on any atom is 0.305 e. The molecule has 0 spiro atoms. The predicted molar refractivity (Wildman–Crippen MR) is 68.9 cm³/mol. The molecule has 5 nitrogen and oxygen atoms in total. The minimum atomic E-state index is -3.53. The summed E-state index contributed by atoms with van der Waals surface area (Å²) in [5, 5.41) is 0. The van der Waals surface area contributed by atoms with Crippen molar-refractivity contribution in [2.45, 2.75) is 31.4 Å². The second-order valence-electron chi connectivity index (χ2n) is 4.23. The standard InChI is InChI=1S/C10H18N2O3S2/c1-5-7(2)6-12(4)17(14,15)9-8(3)11-10(13)16-9/h7H,5-6H2,1-4H3,(H,11,13). The number of nitrogens with one attached hydrogen (secondary N) is 1. The van der Waals surface area contributed by atoms with Crippen LogP contribution >= 0.6 is 11.3 Å². The van der Waals surface area contributed by atoms with Gasteiger partial charge in [-0.2, -0.15) is 4.31 Å². The number of sulfonamides is 1. The van der Waals surface area contributed by atoms with E-state index in [4.69, 9.17) is 0 Å². The second-order valence-corrected chi connectivity index (χ2v) is 7.45. The van der Waals surface area contributed by atoms with Crippen LogP contribution in [0.25, 0.3) is 0 Å². The number of rotatable bonds is 5. The number of aromatic nitrogens is 1. The third kappa shape index (κ3) is 3.17. The van der Waals surface area contributed by atoms with Crippen molar-refractivity contribution < 1.29 is 8.42 Å². The number of hydrogen-bond acceptors (Lipinski definition) is 4. The zero-order valence-electron chi connectivity index (χ0n) is 10.5. The normalized spacial score (nSPS) is 14.2. The van der Waals surface area contributed by atoms with Gasteiger partial charge in [-0.1, -0.05) is 31.6 Å². The summed E-state index contributed by atoms with van der Waals surface area (Å²) in [5.74, 6) is 0.297. The fourth-order valence-corrected chi connectivity index (χ4v) is 4.22. The molecule has 0 amide bonds. The van der Waals surface area contributed by atoms with Gasteiger partial charge in [-0.25, -0.2) is 8.42 Å². The highest BCUT2D eigenvalue weighted by Crippen LogP contribution is 2.21. The highest BCUT2D eigenvalue weighted by molar-refractivity contribution is 7.91. The molecule has 0 saturated heterocycles. The first kappa shape index (κ1) is 14.4. The number of aryl methyl sites for hydroxylation is 1. The fourth-order valence-electron chi connectivity index (χ4n) is 1.44. The summed E-state index contributed by atoms with van der Waals surface area (Å²) in [6.07, 6.45) is 0.919. The summed E-state index contributed by atoms with van der Waals surface area (Å²) < 4.78 is 25.8. The topological polar surface area (TPSA) is 70.2 Å². The van der Waals surface area contributed by atoms with Gasteiger partial charge in [0.1, 0.15) is 0 Å². The molecule has 1 rings (SSSR count). The van der Waals surface area contributed by atoms with Crippen LogP contribution in [0, 0.1) is 12.8 Å². The molecule has 1 unspecified atom stereocenters. The maximum absolute atomic E-state index is 12.2. The number of nitrogens with zero attached hydrogens (tertiary/aromatic N) is 1. The SMILES string of the molecule is CCC(C)CN(C)S(=O)(=O)c1sc(=O)[nH]c1C. The Morgan fingerprint density at radius 2 is 2.06 bits per heavy atom. The average molecular weight is 278 g/mol. The minimum absolute atomic E-state index is 0.119. The lowest BCUT2D eigenvalue weighted by Gasteiger charge is -2.19. The summed E-state index contributed by atoms with van der Waals surface area (Å²) in [7, 11) is -1.99. The molecule has 0 aliphatic heterocycles. The lowest BCUT2D eigenvalue weighted by Crippen LogP contribution is -2.30. The fraction of sp³-hybridized carbons (Fsp3) is 0.700. The van der Waals surface area contributed by atoms with E-state index in [9.17, 15) is 13.2 Å². The van der Waals surface area contributed by atoms with Crippen LogP contribution < -0.4 is 4.87 Å². The Morgan fingerprint density at radius 3 is 2.47 bits per heavy atom. The minimum Gasteiger partial charge on any atom is -0.315 e. The summed E-state index contributed by atoms with van der Waals surface area (Å²) in [6, 6.07) is 0. The molecule has 98 valence electrons. The molecule has 0 fully saturated rings. The Morgan fingerprint density at radius 1 is 1.47 bits per heavy atom. The van der Waals surface area contributed by atoms with Crippen LogP contribution in [0.3, 0.4) is 0 Å². The molecule has 1 aromatic rings. The van der Waals surface area contributed by atoms with E-state index in [1.165, 1.54) is 4.31 Å². The van der Waals surface area contributed by atoms with Gasteiger partial charge in [-0.15, -0.1) is 0 Å². The Bertz CT molecular complexity index is 530. The van der Waals surface area contributed by atoms with Gasteiger partial charge in [0, 0.05) is 19.3 Å². The zero-order chi connectivity index (χ0) is 13.2. The second kappa shape index (κ2) is 5.32. The molecule has 0 bridgehead atoms. The number of aromatic amines is 1. The van der Waals surface area contributed by atoms with Crippen LogP contribution in [0.2, 0.25) is 0 Å². The molecule has 0 aliphatic carbocycles. The van der Waals surface area contributed by atoms with Crippen molar-refractivity contribution in [3.05, 3.63) is 15.4 Å². The van der Waals surface area contributed by atoms with E-state index in [1.54, 1.807) is 14.0 Å². The third-order valence-corrected chi connectivity index (χ3v) is 6.10. The van der Waals surface area contributed by atoms with E-state index in [1.807, 2.05) is 13.8 Å². The van der Waals surface area contributed by atoms with E-state index in [-0.39, 0.29) is 9.08 Å². The highest BCUT2D eigenvalue weighted by atomic mass is 32.2. The number of thiazole rings is 1. The van der Waals surface area contributed by atoms with Crippen LogP contribution in [-0.2, 0) is 10.0 Å². The van der Waals surface area contributed by atoms with Crippen LogP contribution in [0.5, 0.6) is 0 Å². The Hall–Kier alpha value is -0.660. The smallest absolute Gasteiger partial charge is 0.305 e. The molecular weight excluding hydrogens is 260 g/mol. The van der Waals surface area contributed by atoms with E-state index >= 15 is 0 Å². The molecule has 17 heavy (non-hydrogen) atoms. The molecule has 1 atom stereocenters. The van der Waals surface area contributed by atoms with Crippen molar-refractivity contribution in [3.63, 3.8) is 0 Å². The van der Waals surface area contributed by atoms with Gasteiger partial charge in [0.05, 0.1) is 0 Å². The van der Waals surface area contributed by atoms with Gasteiger partial charge in [-0.3, -0.25) is 4.79 Å². The van der Waals surface area contributed by atoms with E-state index in [2.05, 4.69) is 4.98 Å². The molecule has 7 heteroatoms. The average Bonchev–Trinajstić information content (AvgIpc) is 2.58. The van der Waals surface area contributed by atoms with E-state index in [0.717, 1.165) is 17.8 Å². The molecule has 0 radical (unpaired) electrons. The first-order chi connectivity index (χ1) is 7.78. The maximum atomic E-state index is 12.2. The first-order valence-electron chi connectivity index (χ1n) is 5.45. The van der Waals surface area contributed by atoms with Crippen molar-refractivity contribution in [2.24, 2.45) is 5.92 Å². The molecule has 1 heterocycles. The van der Waals surface area contributed by atoms with E-state index in [0.29, 0.717) is 18.2 Å². The van der Waals surface area contributed by atoms with Crippen molar-refractivity contribution >= 4 is 21.4 Å². The zero-order valence-corrected chi connectivity index (χ0v) is 12.1. The van der Waals surface area contributed by atoms with Crippen molar-refractivity contribution in [1.82, 2.24) is 9.29 Å².